The Bertz CT molecular complexity index is 697. The monoisotopic (exact) mass is 626 g/mol. The van der Waals surface area contributed by atoms with Crippen molar-refractivity contribution in [3.05, 3.63) is 58.7 Å². The summed E-state index contributed by atoms with van der Waals surface area (Å²) in [5.41, 5.74) is 5.57. The molecule has 0 N–H and O–H groups in total. The van der Waals surface area contributed by atoms with Gasteiger partial charge in [0, 0.05) is 0 Å². The van der Waals surface area contributed by atoms with Gasteiger partial charge in [0.25, 0.3) is 0 Å². The Morgan fingerprint density at radius 1 is 0.533 bits per heavy atom. The predicted molar refractivity (Wildman–Crippen MR) is 133 cm³/mol. The quantitative estimate of drug-likeness (QED) is 0.376. The zero-order valence-electron chi connectivity index (χ0n) is 19.9. The number of hydrogen-bond donors (Lipinski definition) is 0. The van der Waals surface area contributed by atoms with Crippen LogP contribution in [-0.2, 0) is 26.2 Å². The molecule has 0 heterocycles. The summed E-state index contributed by atoms with van der Waals surface area (Å²) in [5.74, 6) is 0. The molecule has 0 unspecified atom stereocenters. The van der Waals surface area contributed by atoms with Crippen molar-refractivity contribution in [1.29, 1.82) is 0 Å². The van der Waals surface area contributed by atoms with Crippen molar-refractivity contribution < 1.29 is 0 Å². The first-order chi connectivity index (χ1) is 14.1. The fourth-order valence-corrected chi connectivity index (χ4v) is 14.6. The van der Waals surface area contributed by atoms with Gasteiger partial charge in [-0.25, -0.2) is 0 Å². The van der Waals surface area contributed by atoms with E-state index in [0.717, 1.165) is 26.2 Å². The summed E-state index contributed by atoms with van der Waals surface area (Å²) < 4.78 is 2.92. The molecule has 0 bridgehead atoms. The second-order valence-electron chi connectivity index (χ2n) is 9.08. The summed E-state index contributed by atoms with van der Waals surface area (Å²) in [5, 5.41) is 0. The van der Waals surface area contributed by atoms with E-state index in [1.807, 2.05) is 0 Å². The van der Waals surface area contributed by atoms with Crippen LogP contribution in [0.15, 0.2) is 36.4 Å². The Balaban J connectivity index is 2.69. The molecule has 30 heavy (non-hydrogen) atoms. The minimum absolute atomic E-state index is 0.925. The second-order valence-corrected chi connectivity index (χ2v) is 17.7. The molecule has 0 aromatic heterocycles. The molecule has 0 spiro atoms. The Hall–Kier alpha value is -0.547. The van der Waals surface area contributed by atoms with Crippen molar-refractivity contribution in [2.75, 3.05) is 56.4 Å². The Kier molecular flexibility index (Phi) is 10.2. The summed E-state index contributed by atoms with van der Waals surface area (Å²) in [6.07, 6.45) is 0. The van der Waals surface area contributed by atoms with Crippen LogP contribution >= 0.6 is 8.51 Å². The third kappa shape index (κ3) is 7.26. The summed E-state index contributed by atoms with van der Waals surface area (Å²) in [6.45, 7) is 3.70. The van der Waals surface area contributed by atoms with E-state index in [-0.39, 0.29) is 0 Å². The maximum atomic E-state index is 7.62. The van der Waals surface area contributed by atoms with Crippen molar-refractivity contribution >= 4 is 35.6 Å². The van der Waals surface area contributed by atoms with E-state index in [1.54, 1.807) is 0 Å². The molecule has 0 aliphatic heterocycles. The van der Waals surface area contributed by atoms with Gasteiger partial charge in [-0.1, -0.05) is 0 Å². The van der Waals surface area contributed by atoms with Crippen molar-refractivity contribution in [3.8, 4) is 0 Å². The molecule has 2 aromatic carbocycles. The molecule has 0 aliphatic carbocycles. The van der Waals surface area contributed by atoms with E-state index in [4.69, 9.17) is 8.51 Å². The van der Waals surface area contributed by atoms with Gasteiger partial charge in [-0.2, -0.15) is 0 Å². The first-order valence-electron chi connectivity index (χ1n) is 10.4. The van der Waals surface area contributed by atoms with Gasteiger partial charge in [-0.15, -0.1) is 0 Å². The van der Waals surface area contributed by atoms with Crippen molar-refractivity contribution in [3.63, 3.8) is 0 Å². The topological polar surface area (TPSA) is 13.0 Å². The first-order valence-corrected chi connectivity index (χ1v) is 18.1. The molecule has 0 aliphatic rings. The van der Waals surface area contributed by atoms with Crippen molar-refractivity contribution in [2.45, 2.75) is 26.2 Å². The van der Waals surface area contributed by atoms with E-state index in [1.165, 1.54) is 28.8 Å². The van der Waals surface area contributed by atoms with E-state index in [9.17, 15) is 0 Å². The van der Waals surface area contributed by atoms with Crippen molar-refractivity contribution in [1.82, 2.24) is 19.6 Å². The minimum atomic E-state index is -2.76. The zero-order valence-corrected chi connectivity index (χ0v) is 24.1. The molecule has 0 saturated carbocycles. The fraction of sp³-hybridized carbons (Fsp3) is 0.500. The van der Waals surface area contributed by atoms with Crippen LogP contribution in [-0.4, -0.2) is 96.5 Å². The Labute approximate surface area is 195 Å². The number of rotatable bonds is 10. The molecule has 0 fully saturated rings. The summed E-state index contributed by atoms with van der Waals surface area (Å²) in [7, 11) is 24.7. The molecule has 0 radical (unpaired) electrons. The molecular weight excluding hydrogens is 589 g/mol. The van der Waals surface area contributed by atoms with Gasteiger partial charge in [0.2, 0.25) is 0 Å². The average molecular weight is 627 g/mol. The molecule has 0 amide bonds. The van der Waals surface area contributed by atoms with Crippen LogP contribution in [0.2, 0.25) is 0 Å². The van der Waals surface area contributed by atoms with Crippen molar-refractivity contribution in [2.24, 2.45) is 0 Å². The molecule has 2 aromatic rings. The Morgan fingerprint density at radius 2 is 0.767 bits per heavy atom. The van der Waals surface area contributed by atoms with Crippen LogP contribution in [0.4, 0.5) is 0 Å². The molecule has 4 nitrogen and oxygen atoms in total. The van der Waals surface area contributed by atoms with Crippen LogP contribution < -0.4 is 6.54 Å². The fourth-order valence-electron chi connectivity index (χ4n) is 3.78. The maximum absolute atomic E-state index is 7.62. The molecule has 166 valence electrons. The number of hydrogen-bond acceptors (Lipinski definition) is 4. The molecular formula is C24H38BiClN4. The Morgan fingerprint density at radius 3 is 0.967 bits per heavy atom. The molecule has 6 heteroatoms. The molecule has 2 rings (SSSR count). The van der Waals surface area contributed by atoms with Gasteiger partial charge >= 0.3 is 196 Å². The molecule has 0 saturated heterocycles. The van der Waals surface area contributed by atoms with Gasteiger partial charge in [0.15, 0.2) is 0 Å². The van der Waals surface area contributed by atoms with Gasteiger partial charge in [-0.3, -0.25) is 0 Å². The van der Waals surface area contributed by atoms with Gasteiger partial charge < -0.3 is 0 Å². The van der Waals surface area contributed by atoms with E-state index >= 15 is 0 Å². The van der Waals surface area contributed by atoms with E-state index < -0.39 is 20.6 Å². The summed E-state index contributed by atoms with van der Waals surface area (Å²) in [6, 6.07) is 13.5. The SMILES string of the molecule is CN(C)Cc1cccc(CN(C)C)[c]1[Bi]([Cl])[c]1c(CN(C)C)cccc1CN(C)C. The second kappa shape index (κ2) is 11.9. The number of benzene rings is 2. The van der Waals surface area contributed by atoms with Crippen LogP contribution in [0, 0.1) is 0 Å². The number of nitrogens with zero attached hydrogens (tertiary/aromatic N) is 4. The third-order valence-electron chi connectivity index (χ3n) is 4.75. The standard InChI is InChI=1S/2C12H19N2.Bi.ClH/c2*1-13(2)9-11-6-5-7-12(8-11)10-14(3)4;;/h2*5-7H,9-10H2,1-4H3;;1H/q;;+1;/p-1. The predicted octanol–water partition coefficient (Wildman–Crippen LogP) is 2.28. The van der Waals surface area contributed by atoms with Crippen LogP contribution in [0.1, 0.15) is 22.3 Å². The van der Waals surface area contributed by atoms with E-state index in [2.05, 4.69) is 112 Å². The van der Waals surface area contributed by atoms with E-state index in [0.29, 0.717) is 0 Å². The first kappa shape index (κ1) is 25.7. The van der Waals surface area contributed by atoms with Gasteiger partial charge in [0.05, 0.1) is 0 Å². The van der Waals surface area contributed by atoms with Crippen LogP contribution in [0.3, 0.4) is 0 Å². The third-order valence-corrected chi connectivity index (χ3v) is 15.2. The van der Waals surface area contributed by atoms with Gasteiger partial charge in [-0.05, 0) is 0 Å². The van der Waals surface area contributed by atoms with Gasteiger partial charge in [0.1, 0.15) is 0 Å². The zero-order chi connectivity index (χ0) is 22.4. The molecule has 0 atom stereocenters. The normalized spacial score (nSPS) is 12.2. The summed E-state index contributed by atoms with van der Waals surface area (Å²) in [4.78, 5) is 9.00. The number of halogens is 1. The average Bonchev–Trinajstić information content (AvgIpc) is 2.59. The van der Waals surface area contributed by atoms with Crippen LogP contribution in [0.25, 0.3) is 0 Å². The van der Waals surface area contributed by atoms with Crippen LogP contribution in [0.5, 0.6) is 0 Å². The summed E-state index contributed by atoms with van der Waals surface area (Å²) >= 11 is -2.76.